The van der Waals surface area contributed by atoms with Gasteiger partial charge in [0.1, 0.15) is 17.2 Å². The molecule has 2 amide bonds. The third kappa shape index (κ3) is 3.38. The third-order valence-corrected chi connectivity index (χ3v) is 7.91. The topological polar surface area (TPSA) is 81.7 Å². The molecule has 3 heterocycles. The average molecular weight is 472 g/mol. The summed E-state index contributed by atoms with van der Waals surface area (Å²) in [5.74, 6) is 0.911. The fraction of sp³-hybridized carbons (Fsp3) is 0.407. The molecule has 7 nitrogen and oxygen atoms in total. The lowest BCUT2D eigenvalue weighted by Gasteiger charge is -2.24. The van der Waals surface area contributed by atoms with E-state index in [1.807, 2.05) is 29.2 Å². The van der Waals surface area contributed by atoms with E-state index in [0.717, 1.165) is 55.1 Å². The molecule has 3 aromatic rings. The number of halogens is 1. The smallest absolute Gasteiger partial charge is 0.256 e. The summed E-state index contributed by atoms with van der Waals surface area (Å²) < 4.78 is 15.4. The Morgan fingerprint density at radius 1 is 1.14 bits per heavy atom. The molecule has 1 N–H and O–H groups in total. The monoisotopic (exact) mass is 471 g/mol. The normalized spacial score (nSPS) is 22.9. The molecule has 1 unspecified atom stereocenters. The van der Waals surface area contributed by atoms with Gasteiger partial charge in [0.15, 0.2) is 0 Å². The molecule has 1 aromatic heterocycles. The number of aliphatic imine (C=N–C) groups is 1. The number of carbonyl (C=O) groups excluding carboxylic acids is 2. The Morgan fingerprint density at radius 3 is 2.77 bits per heavy atom. The van der Waals surface area contributed by atoms with E-state index < -0.39 is 5.54 Å². The molecule has 2 saturated carbocycles. The van der Waals surface area contributed by atoms with Gasteiger partial charge in [0.2, 0.25) is 5.91 Å². The first-order valence-electron chi connectivity index (χ1n) is 12.5. The van der Waals surface area contributed by atoms with Gasteiger partial charge >= 0.3 is 0 Å². The van der Waals surface area contributed by atoms with Crippen molar-refractivity contribution in [3.8, 4) is 11.1 Å². The molecule has 2 aromatic carbocycles. The Labute approximate surface area is 202 Å². The van der Waals surface area contributed by atoms with Crippen molar-refractivity contribution in [2.75, 3.05) is 19.6 Å². The predicted octanol–water partition coefficient (Wildman–Crippen LogP) is 3.75. The predicted molar refractivity (Wildman–Crippen MR) is 129 cm³/mol. The summed E-state index contributed by atoms with van der Waals surface area (Å²) in [6, 6.07) is 10.8. The van der Waals surface area contributed by atoms with E-state index in [9.17, 15) is 9.59 Å². The van der Waals surface area contributed by atoms with Crippen LogP contribution < -0.4 is 0 Å². The van der Waals surface area contributed by atoms with Gasteiger partial charge in [0, 0.05) is 42.1 Å². The molecule has 1 saturated heterocycles. The molecule has 4 aliphatic rings. The van der Waals surface area contributed by atoms with Gasteiger partial charge in [0.05, 0.1) is 11.7 Å². The number of nitrogens with zero attached hydrogens (tertiary/aromatic N) is 4. The fourth-order valence-electron chi connectivity index (χ4n) is 5.60. The summed E-state index contributed by atoms with van der Waals surface area (Å²) >= 11 is 0. The number of H-pyrrole nitrogens is 1. The lowest BCUT2D eigenvalue weighted by atomic mass is 9.99. The van der Waals surface area contributed by atoms with Crippen molar-refractivity contribution in [3.05, 3.63) is 54.0 Å². The van der Waals surface area contributed by atoms with Gasteiger partial charge < -0.3 is 4.90 Å². The SMILES string of the molecule is O=C(C1CC1)N1CCC(CN2C(=O)C3(CC3)N=C2c2ccc(-c3cccc4[nH]ncc34)c(F)c2)C1. The highest BCUT2D eigenvalue weighted by atomic mass is 19.1. The molecule has 35 heavy (non-hydrogen) atoms. The molecule has 178 valence electrons. The number of amidine groups is 1. The average Bonchev–Trinajstić information content (AvgIpc) is 3.73. The molecule has 2 aliphatic carbocycles. The van der Waals surface area contributed by atoms with Gasteiger partial charge in [-0.3, -0.25) is 24.6 Å². The second-order valence-corrected chi connectivity index (χ2v) is 10.4. The maximum absolute atomic E-state index is 15.4. The van der Waals surface area contributed by atoms with E-state index in [2.05, 4.69) is 10.2 Å². The summed E-state index contributed by atoms with van der Waals surface area (Å²) in [7, 11) is 0. The summed E-state index contributed by atoms with van der Waals surface area (Å²) in [5, 5.41) is 7.87. The third-order valence-electron chi connectivity index (χ3n) is 7.91. The van der Waals surface area contributed by atoms with Crippen LogP contribution in [0.1, 0.15) is 37.7 Å². The van der Waals surface area contributed by atoms with Gasteiger partial charge in [-0.05, 0) is 55.7 Å². The van der Waals surface area contributed by atoms with Crippen LogP contribution in [0.3, 0.4) is 0 Å². The maximum Gasteiger partial charge on any atom is 0.256 e. The van der Waals surface area contributed by atoms with Crippen LogP contribution in [0.2, 0.25) is 0 Å². The van der Waals surface area contributed by atoms with Crippen LogP contribution in [0.15, 0.2) is 47.6 Å². The number of hydrogen-bond donors (Lipinski definition) is 1. The second kappa shape index (κ2) is 7.47. The number of likely N-dealkylation sites (tertiary alicyclic amines) is 1. The zero-order valence-electron chi connectivity index (χ0n) is 19.3. The Hall–Kier alpha value is -3.55. The van der Waals surface area contributed by atoms with Crippen molar-refractivity contribution in [3.63, 3.8) is 0 Å². The Balaban J connectivity index is 1.17. The Bertz CT molecular complexity index is 1400. The molecule has 0 bridgehead atoms. The number of fused-ring (bicyclic) bond motifs is 1. The number of hydrogen-bond acceptors (Lipinski definition) is 4. The van der Waals surface area contributed by atoms with Gasteiger partial charge in [-0.25, -0.2) is 4.39 Å². The van der Waals surface area contributed by atoms with Crippen LogP contribution in [-0.2, 0) is 9.59 Å². The highest BCUT2D eigenvalue weighted by Gasteiger charge is 2.57. The molecular formula is C27H26FN5O2. The minimum atomic E-state index is -0.658. The molecule has 0 radical (unpaired) electrons. The van der Waals surface area contributed by atoms with Crippen molar-refractivity contribution in [1.29, 1.82) is 0 Å². The highest BCUT2D eigenvalue weighted by Crippen LogP contribution is 2.46. The standard InChI is InChI=1S/C27H26FN5O2/c28-22-12-18(6-7-20(22)19-2-1-3-23-21(19)13-29-31-23)24-30-27(9-10-27)26(35)33(24)15-16-8-11-32(14-16)25(34)17-4-5-17/h1-3,6-7,12-13,16-17H,4-5,8-11,14-15H2,(H,29,31). The van der Waals surface area contributed by atoms with E-state index >= 15 is 4.39 Å². The number of carbonyl (C=O) groups is 2. The van der Waals surface area contributed by atoms with E-state index in [0.29, 0.717) is 30.1 Å². The second-order valence-electron chi connectivity index (χ2n) is 10.4. The van der Waals surface area contributed by atoms with Crippen LogP contribution in [0, 0.1) is 17.7 Å². The van der Waals surface area contributed by atoms with Crippen LogP contribution in [0.25, 0.3) is 22.0 Å². The molecule has 3 fully saturated rings. The first kappa shape index (κ1) is 20.8. The zero-order chi connectivity index (χ0) is 23.7. The van der Waals surface area contributed by atoms with Crippen molar-refractivity contribution < 1.29 is 14.0 Å². The molecular weight excluding hydrogens is 445 g/mol. The quantitative estimate of drug-likeness (QED) is 0.615. The lowest BCUT2D eigenvalue weighted by Crippen LogP contribution is -2.41. The number of aromatic amines is 1. The number of nitrogens with one attached hydrogen (secondary N) is 1. The fourth-order valence-corrected chi connectivity index (χ4v) is 5.60. The van der Waals surface area contributed by atoms with Crippen LogP contribution in [-0.4, -0.2) is 62.8 Å². The first-order valence-corrected chi connectivity index (χ1v) is 12.5. The first-order chi connectivity index (χ1) is 17.0. The van der Waals surface area contributed by atoms with Gasteiger partial charge in [-0.1, -0.05) is 24.3 Å². The number of benzene rings is 2. The minimum Gasteiger partial charge on any atom is -0.342 e. The van der Waals surface area contributed by atoms with Crippen molar-refractivity contribution >= 4 is 28.6 Å². The van der Waals surface area contributed by atoms with Crippen LogP contribution in [0.4, 0.5) is 4.39 Å². The molecule has 1 atom stereocenters. The van der Waals surface area contributed by atoms with Gasteiger partial charge in [-0.15, -0.1) is 0 Å². The summed E-state index contributed by atoms with van der Waals surface area (Å²) in [4.78, 5) is 34.3. The number of rotatable bonds is 5. The van der Waals surface area contributed by atoms with Crippen LogP contribution in [0.5, 0.6) is 0 Å². The number of aromatic nitrogens is 2. The van der Waals surface area contributed by atoms with E-state index in [4.69, 9.17) is 4.99 Å². The van der Waals surface area contributed by atoms with E-state index in [1.54, 1.807) is 17.2 Å². The molecule has 8 heteroatoms. The largest absolute Gasteiger partial charge is 0.342 e. The lowest BCUT2D eigenvalue weighted by molar-refractivity contribution is -0.131. The van der Waals surface area contributed by atoms with Gasteiger partial charge in [0.25, 0.3) is 5.91 Å². The zero-order valence-corrected chi connectivity index (χ0v) is 19.3. The summed E-state index contributed by atoms with van der Waals surface area (Å²) in [5.41, 5.74) is 2.07. The number of amides is 2. The molecule has 7 rings (SSSR count). The minimum absolute atomic E-state index is 0.0205. The highest BCUT2D eigenvalue weighted by molar-refractivity contribution is 6.16. The Morgan fingerprint density at radius 2 is 2.00 bits per heavy atom. The van der Waals surface area contributed by atoms with Crippen LogP contribution >= 0.6 is 0 Å². The maximum atomic E-state index is 15.4. The van der Waals surface area contributed by atoms with E-state index in [-0.39, 0.29) is 29.5 Å². The summed E-state index contributed by atoms with van der Waals surface area (Å²) in [6.45, 7) is 1.95. The van der Waals surface area contributed by atoms with E-state index in [1.165, 1.54) is 6.07 Å². The molecule has 2 aliphatic heterocycles. The summed E-state index contributed by atoms with van der Waals surface area (Å²) in [6.07, 6.45) is 6.07. The van der Waals surface area contributed by atoms with Crippen molar-refractivity contribution in [2.24, 2.45) is 16.8 Å². The van der Waals surface area contributed by atoms with Gasteiger partial charge in [-0.2, -0.15) is 5.10 Å². The Kier molecular flexibility index (Phi) is 4.44. The molecule has 1 spiro atoms. The van der Waals surface area contributed by atoms with Crippen molar-refractivity contribution in [1.82, 2.24) is 20.0 Å². The van der Waals surface area contributed by atoms with Crippen molar-refractivity contribution in [2.45, 2.75) is 37.6 Å².